The summed E-state index contributed by atoms with van der Waals surface area (Å²) in [5, 5.41) is 5.60. The fourth-order valence-corrected chi connectivity index (χ4v) is 2.10. The molecule has 0 saturated heterocycles. The first-order valence-electron chi connectivity index (χ1n) is 4.10. The first kappa shape index (κ1) is 10.1. The van der Waals surface area contributed by atoms with Gasteiger partial charge in [-0.25, -0.2) is 0 Å². The van der Waals surface area contributed by atoms with Crippen LogP contribution in [0.15, 0.2) is 17.5 Å². The van der Waals surface area contributed by atoms with Gasteiger partial charge in [0.2, 0.25) is 0 Å². The van der Waals surface area contributed by atoms with Gasteiger partial charge in [-0.2, -0.15) is 11.8 Å². The van der Waals surface area contributed by atoms with Crippen molar-refractivity contribution in [2.75, 3.05) is 18.6 Å². The molecule has 0 bridgehead atoms. The van der Waals surface area contributed by atoms with Crippen molar-refractivity contribution in [3.05, 3.63) is 22.4 Å². The maximum Gasteiger partial charge on any atom is 0.0386 e. The quantitative estimate of drug-likeness (QED) is 0.735. The number of thioether (sulfide) groups is 1. The molecule has 0 radical (unpaired) electrons. The molecule has 1 aromatic heterocycles. The van der Waals surface area contributed by atoms with Crippen molar-refractivity contribution >= 4 is 23.1 Å². The smallest absolute Gasteiger partial charge is 0.0386 e. The van der Waals surface area contributed by atoms with Crippen LogP contribution in [0, 0.1) is 0 Å². The lowest BCUT2D eigenvalue weighted by Crippen LogP contribution is -2.20. The predicted molar refractivity (Wildman–Crippen MR) is 59.1 cm³/mol. The number of rotatable bonds is 5. The van der Waals surface area contributed by atoms with Gasteiger partial charge in [0.25, 0.3) is 0 Å². The van der Waals surface area contributed by atoms with Crippen LogP contribution in [0.25, 0.3) is 0 Å². The molecule has 1 heterocycles. The van der Waals surface area contributed by atoms with Crippen LogP contribution >= 0.6 is 23.1 Å². The molecule has 0 aromatic carbocycles. The lowest BCUT2D eigenvalue weighted by atomic mass is 10.3. The summed E-state index contributed by atoms with van der Waals surface area (Å²) >= 11 is 3.70. The minimum Gasteiger partial charge on any atom is -0.309 e. The lowest BCUT2D eigenvalue weighted by molar-refractivity contribution is 0.610. The summed E-state index contributed by atoms with van der Waals surface area (Å²) in [5.41, 5.74) is 0. The highest BCUT2D eigenvalue weighted by molar-refractivity contribution is 7.98. The molecule has 1 atom stereocenters. The average Bonchev–Trinajstić information content (AvgIpc) is 2.56. The van der Waals surface area contributed by atoms with Crippen molar-refractivity contribution in [1.82, 2.24) is 5.32 Å². The SMILES string of the molecule is CSCCN[C@@H](C)c1cccs1. The molecule has 0 aliphatic carbocycles. The van der Waals surface area contributed by atoms with Gasteiger partial charge in [-0.15, -0.1) is 11.3 Å². The van der Waals surface area contributed by atoms with Crippen LogP contribution in [-0.2, 0) is 0 Å². The van der Waals surface area contributed by atoms with E-state index >= 15 is 0 Å². The van der Waals surface area contributed by atoms with Gasteiger partial charge in [0, 0.05) is 23.2 Å². The number of hydrogen-bond acceptors (Lipinski definition) is 3. The Hall–Kier alpha value is 0.01000. The van der Waals surface area contributed by atoms with Crippen molar-refractivity contribution in [3.63, 3.8) is 0 Å². The van der Waals surface area contributed by atoms with E-state index in [1.807, 2.05) is 23.1 Å². The summed E-state index contributed by atoms with van der Waals surface area (Å²) in [5.74, 6) is 1.19. The summed E-state index contributed by atoms with van der Waals surface area (Å²) in [4.78, 5) is 1.43. The highest BCUT2D eigenvalue weighted by atomic mass is 32.2. The van der Waals surface area contributed by atoms with Crippen molar-refractivity contribution in [1.29, 1.82) is 0 Å². The van der Waals surface area contributed by atoms with E-state index in [0.717, 1.165) is 6.54 Å². The minimum absolute atomic E-state index is 0.511. The molecule has 3 heteroatoms. The van der Waals surface area contributed by atoms with Gasteiger partial charge < -0.3 is 5.32 Å². The van der Waals surface area contributed by atoms with Gasteiger partial charge in [0.15, 0.2) is 0 Å². The predicted octanol–water partition coefficient (Wildman–Crippen LogP) is 2.76. The Morgan fingerprint density at radius 2 is 2.50 bits per heavy atom. The third-order valence-electron chi connectivity index (χ3n) is 1.73. The molecule has 68 valence electrons. The van der Waals surface area contributed by atoms with E-state index in [2.05, 4.69) is 36.0 Å². The average molecular weight is 201 g/mol. The zero-order valence-corrected chi connectivity index (χ0v) is 9.17. The first-order chi connectivity index (χ1) is 5.84. The molecule has 1 aromatic rings. The molecule has 0 aliphatic rings. The molecule has 0 fully saturated rings. The van der Waals surface area contributed by atoms with Crippen molar-refractivity contribution in [2.45, 2.75) is 13.0 Å². The van der Waals surface area contributed by atoms with Crippen LogP contribution in [0.4, 0.5) is 0 Å². The Morgan fingerprint density at radius 3 is 3.08 bits per heavy atom. The highest BCUT2D eigenvalue weighted by Gasteiger charge is 2.03. The van der Waals surface area contributed by atoms with Crippen LogP contribution in [-0.4, -0.2) is 18.6 Å². The molecule has 0 spiro atoms. The fraction of sp³-hybridized carbons (Fsp3) is 0.556. The van der Waals surface area contributed by atoms with Crippen LogP contribution in [0.5, 0.6) is 0 Å². The molecular formula is C9H15NS2. The molecule has 1 N–H and O–H groups in total. The van der Waals surface area contributed by atoms with Gasteiger partial charge >= 0.3 is 0 Å². The van der Waals surface area contributed by atoms with Gasteiger partial charge in [0.1, 0.15) is 0 Å². The zero-order valence-electron chi connectivity index (χ0n) is 7.54. The topological polar surface area (TPSA) is 12.0 Å². The molecule has 0 saturated carbocycles. The largest absolute Gasteiger partial charge is 0.309 e. The lowest BCUT2D eigenvalue weighted by Gasteiger charge is -2.10. The Kier molecular flexibility index (Phi) is 4.73. The van der Waals surface area contributed by atoms with Crippen molar-refractivity contribution in [2.24, 2.45) is 0 Å². The maximum absolute atomic E-state index is 3.48. The van der Waals surface area contributed by atoms with Crippen molar-refractivity contribution < 1.29 is 0 Å². The summed E-state index contributed by atoms with van der Waals surface area (Å²) in [6.45, 7) is 3.31. The summed E-state index contributed by atoms with van der Waals surface area (Å²) < 4.78 is 0. The second-order valence-electron chi connectivity index (χ2n) is 2.68. The number of thiophene rings is 1. The maximum atomic E-state index is 3.48. The molecule has 12 heavy (non-hydrogen) atoms. The second kappa shape index (κ2) is 5.62. The Balaban J connectivity index is 2.25. The summed E-state index contributed by atoms with van der Waals surface area (Å²) in [6.07, 6.45) is 2.14. The van der Waals surface area contributed by atoms with Crippen LogP contribution in [0.1, 0.15) is 17.8 Å². The highest BCUT2D eigenvalue weighted by Crippen LogP contribution is 2.17. The van der Waals surface area contributed by atoms with E-state index in [4.69, 9.17) is 0 Å². The summed E-state index contributed by atoms with van der Waals surface area (Å²) in [6, 6.07) is 4.80. The van der Waals surface area contributed by atoms with Crippen LogP contribution in [0.3, 0.4) is 0 Å². The standard InChI is InChI=1S/C9H15NS2/c1-8(10-5-7-11-2)9-4-3-6-12-9/h3-4,6,8,10H,5,7H2,1-2H3/t8-/m0/s1. The van der Waals surface area contributed by atoms with E-state index in [0.29, 0.717) is 6.04 Å². The van der Waals surface area contributed by atoms with E-state index in [-0.39, 0.29) is 0 Å². The van der Waals surface area contributed by atoms with Gasteiger partial charge in [-0.3, -0.25) is 0 Å². The van der Waals surface area contributed by atoms with E-state index in [9.17, 15) is 0 Å². The van der Waals surface area contributed by atoms with Gasteiger partial charge in [-0.1, -0.05) is 6.07 Å². The number of hydrogen-bond donors (Lipinski definition) is 1. The van der Waals surface area contributed by atoms with E-state index < -0.39 is 0 Å². The van der Waals surface area contributed by atoms with Crippen molar-refractivity contribution in [3.8, 4) is 0 Å². The van der Waals surface area contributed by atoms with Gasteiger partial charge in [-0.05, 0) is 24.6 Å². The summed E-state index contributed by atoms with van der Waals surface area (Å²) in [7, 11) is 0. The molecule has 1 nitrogen and oxygen atoms in total. The first-order valence-corrected chi connectivity index (χ1v) is 6.37. The molecule has 0 amide bonds. The Bertz CT molecular complexity index is 196. The second-order valence-corrected chi connectivity index (χ2v) is 4.65. The minimum atomic E-state index is 0.511. The normalized spacial score (nSPS) is 13.2. The monoisotopic (exact) mass is 201 g/mol. The zero-order chi connectivity index (χ0) is 8.81. The molecule has 0 aliphatic heterocycles. The Labute approximate surface area is 82.6 Å². The molecule has 1 rings (SSSR count). The molecule has 0 unspecified atom stereocenters. The third-order valence-corrected chi connectivity index (χ3v) is 3.39. The van der Waals surface area contributed by atoms with Gasteiger partial charge in [0.05, 0.1) is 0 Å². The van der Waals surface area contributed by atoms with Crippen LogP contribution < -0.4 is 5.32 Å². The number of nitrogens with one attached hydrogen (secondary N) is 1. The van der Waals surface area contributed by atoms with E-state index in [1.54, 1.807) is 0 Å². The third kappa shape index (κ3) is 3.17. The van der Waals surface area contributed by atoms with E-state index in [1.165, 1.54) is 10.6 Å². The van der Waals surface area contributed by atoms with Crippen LogP contribution in [0.2, 0.25) is 0 Å². The molecular weight excluding hydrogens is 186 g/mol. The fourth-order valence-electron chi connectivity index (χ4n) is 1.02. The Morgan fingerprint density at radius 1 is 1.67 bits per heavy atom.